The van der Waals surface area contributed by atoms with Gasteiger partial charge in [-0.05, 0) is 0 Å². The Bertz CT molecular complexity index is 2650. The molecule has 0 fully saturated rings. The van der Waals surface area contributed by atoms with Gasteiger partial charge in [0, 0.05) is 0 Å². The first kappa shape index (κ1) is 26.4. The van der Waals surface area contributed by atoms with Crippen molar-refractivity contribution in [2.45, 2.75) is 0 Å². The Kier molecular flexibility index (Phi) is 5.63. The van der Waals surface area contributed by atoms with Crippen LogP contribution in [0.2, 0.25) is 0 Å². The second kappa shape index (κ2) is 9.38. The number of hydrogen-bond acceptors (Lipinski definition) is 4. The minimum atomic E-state index is -0.357. The fourth-order valence-corrected chi connectivity index (χ4v) is 16.3. The Labute approximate surface area is 273 Å². The molecule has 0 unspecified atom stereocenters. The van der Waals surface area contributed by atoms with E-state index in [4.69, 9.17) is 0 Å². The summed E-state index contributed by atoms with van der Waals surface area (Å²) in [6.07, 6.45) is 0. The summed E-state index contributed by atoms with van der Waals surface area (Å²) in [5.74, 6) is -1.34. The van der Waals surface area contributed by atoms with Crippen molar-refractivity contribution in [2.75, 3.05) is 0 Å². The van der Waals surface area contributed by atoms with Crippen molar-refractivity contribution in [1.29, 1.82) is 0 Å². The van der Waals surface area contributed by atoms with E-state index >= 15 is 17.6 Å². The molecule has 0 saturated carbocycles. The van der Waals surface area contributed by atoms with E-state index in [1.807, 2.05) is 36.4 Å². The van der Waals surface area contributed by atoms with Gasteiger partial charge in [-0.2, -0.15) is 0 Å². The molecular formula is C34H12F4S4Se2. The quantitative estimate of drug-likeness (QED) is 0.121. The van der Waals surface area contributed by atoms with Gasteiger partial charge < -0.3 is 0 Å². The van der Waals surface area contributed by atoms with Gasteiger partial charge in [0.05, 0.1) is 0 Å². The topological polar surface area (TPSA) is 0 Å². The summed E-state index contributed by atoms with van der Waals surface area (Å²) in [5, 5.41) is 4.13. The van der Waals surface area contributed by atoms with Gasteiger partial charge in [0.2, 0.25) is 0 Å². The Hall–Kier alpha value is -2.78. The summed E-state index contributed by atoms with van der Waals surface area (Å²) in [4.78, 5) is 0.799. The van der Waals surface area contributed by atoms with Crippen LogP contribution in [0.1, 0.15) is 0 Å². The predicted molar refractivity (Wildman–Crippen MR) is 185 cm³/mol. The SMILES string of the molecule is Fc1c(-c2[se]c3cc4sc5c6cc7c(F)c(-c8sc9ccccc9c8F)[se]c7cc6sc5c4cc3c2F)sc2ccccc12. The van der Waals surface area contributed by atoms with Gasteiger partial charge in [-0.1, -0.05) is 0 Å². The van der Waals surface area contributed by atoms with Crippen molar-refractivity contribution in [3.63, 3.8) is 0 Å². The summed E-state index contributed by atoms with van der Waals surface area (Å²) in [6.45, 7) is 0. The Morgan fingerprint density at radius 2 is 0.841 bits per heavy atom. The molecule has 6 heterocycles. The molecule has 0 aliphatic carbocycles. The van der Waals surface area contributed by atoms with E-state index in [1.54, 1.807) is 46.9 Å². The van der Waals surface area contributed by atoms with Gasteiger partial charge in [0.25, 0.3) is 0 Å². The molecule has 212 valence electrons. The van der Waals surface area contributed by atoms with Crippen LogP contribution in [0.25, 0.3) is 87.7 Å². The molecule has 0 amide bonds. The normalized spacial score (nSPS) is 12.5. The van der Waals surface area contributed by atoms with E-state index in [2.05, 4.69) is 12.1 Å². The molecule has 0 atom stereocenters. The molecule has 0 radical (unpaired) electrons. The molecule has 10 aromatic rings. The van der Waals surface area contributed by atoms with Crippen LogP contribution in [0.3, 0.4) is 0 Å². The first-order chi connectivity index (χ1) is 21.4. The standard InChI is InChI=1S/C34H12F4S4Se2/c35-25-13-5-1-3-7-19(13)39-31(25)33-27(37)17-9-15-21(11-23(17)43-33)41-30-16-10-18-24(12-22(16)42-29(15)30)44-34(28(18)38)32-26(36)14-6-2-4-8-20(14)40-32/h1-12H. The van der Waals surface area contributed by atoms with Crippen molar-refractivity contribution in [3.8, 4) is 18.6 Å². The van der Waals surface area contributed by atoms with Gasteiger partial charge in [0.1, 0.15) is 0 Å². The Morgan fingerprint density at radius 1 is 0.409 bits per heavy atom. The number of hydrogen-bond donors (Lipinski definition) is 0. The van der Waals surface area contributed by atoms with Gasteiger partial charge >= 0.3 is 276 Å². The molecule has 0 nitrogen and oxygen atoms in total. The minimum absolute atomic E-state index is 0.331. The average Bonchev–Trinajstić information content (AvgIpc) is 3.86. The predicted octanol–water partition coefficient (Wildman–Crippen LogP) is 12.0. The van der Waals surface area contributed by atoms with Crippen molar-refractivity contribution in [1.82, 2.24) is 0 Å². The van der Waals surface area contributed by atoms with Crippen LogP contribution in [0.15, 0.2) is 72.8 Å². The molecule has 0 aliphatic rings. The monoisotopic (exact) mass is 784 g/mol. The summed E-state index contributed by atoms with van der Waals surface area (Å²) in [5.41, 5.74) is 0. The van der Waals surface area contributed by atoms with Gasteiger partial charge in [-0.25, -0.2) is 0 Å². The van der Waals surface area contributed by atoms with E-state index in [1.165, 1.54) is 22.7 Å². The first-order valence-electron chi connectivity index (χ1n) is 13.4. The molecule has 10 heteroatoms. The summed E-state index contributed by atoms with van der Waals surface area (Å²) >= 11 is 5.18. The van der Waals surface area contributed by atoms with Crippen LogP contribution in [0, 0.1) is 23.3 Å². The van der Waals surface area contributed by atoms with E-state index in [-0.39, 0.29) is 52.3 Å². The number of rotatable bonds is 2. The molecular weight excluding hydrogens is 771 g/mol. The zero-order valence-electron chi connectivity index (χ0n) is 21.9. The van der Waals surface area contributed by atoms with Crippen LogP contribution in [0.5, 0.6) is 0 Å². The van der Waals surface area contributed by atoms with Crippen LogP contribution < -0.4 is 0 Å². The number of fused-ring (bicyclic) bond motifs is 9. The summed E-state index contributed by atoms with van der Waals surface area (Å²) in [6, 6.07) is 22.5. The Balaban J connectivity index is 1.15. The molecule has 44 heavy (non-hydrogen) atoms. The molecule has 0 N–H and O–H groups in total. The second-order valence-corrected chi connectivity index (χ2v) is 19.1. The fraction of sp³-hybridized carbons (Fsp3) is 0. The van der Waals surface area contributed by atoms with E-state index in [9.17, 15) is 0 Å². The fourth-order valence-electron chi connectivity index (χ4n) is 5.99. The molecule has 0 spiro atoms. The third-order valence-corrected chi connectivity index (χ3v) is 18.3. The van der Waals surface area contributed by atoms with Crippen molar-refractivity contribution >= 4 is 143 Å². The van der Waals surface area contributed by atoms with Gasteiger partial charge in [-0.15, -0.1) is 0 Å². The number of halogens is 4. The van der Waals surface area contributed by atoms with E-state index in [0.29, 0.717) is 40.2 Å². The van der Waals surface area contributed by atoms with Crippen LogP contribution >= 0.6 is 45.3 Å². The van der Waals surface area contributed by atoms with Gasteiger partial charge in [-0.3, -0.25) is 0 Å². The van der Waals surface area contributed by atoms with E-state index < -0.39 is 0 Å². The maximum absolute atomic E-state index is 16.0. The third kappa shape index (κ3) is 3.54. The maximum atomic E-state index is 16.0. The summed E-state index contributed by atoms with van der Waals surface area (Å²) in [7, 11) is 0. The van der Waals surface area contributed by atoms with Crippen LogP contribution in [-0.4, -0.2) is 29.0 Å². The summed E-state index contributed by atoms with van der Waals surface area (Å²) < 4.78 is 71.2. The number of benzene rings is 4. The molecule has 0 saturated heterocycles. The first-order valence-corrected chi connectivity index (χ1v) is 20.1. The molecule has 4 aromatic carbocycles. The zero-order valence-corrected chi connectivity index (χ0v) is 28.6. The molecule has 10 rings (SSSR count). The van der Waals surface area contributed by atoms with Crippen molar-refractivity contribution < 1.29 is 17.6 Å². The molecule has 0 aliphatic heterocycles. The average molecular weight is 783 g/mol. The van der Waals surface area contributed by atoms with Crippen LogP contribution in [-0.2, 0) is 0 Å². The van der Waals surface area contributed by atoms with Crippen molar-refractivity contribution in [3.05, 3.63) is 96.1 Å². The zero-order chi connectivity index (χ0) is 29.4. The Morgan fingerprint density at radius 3 is 1.27 bits per heavy atom. The number of thiophene rings is 4. The van der Waals surface area contributed by atoms with E-state index in [0.717, 1.165) is 47.5 Å². The van der Waals surface area contributed by atoms with Crippen LogP contribution in [0.4, 0.5) is 17.6 Å². The third-order valence-electron chi connectivity index (χ3n) is 8.06. The van der Waals surface area contributed by atoms with Crippen molar-refractivity contribution in [2.24, 2.45) is 0 Å². The molecule has 6 aromatic heterocycles. The second-order valence-electron chi connectivity index (χ2n) is 10.5. The van der Waals surface area contributed by atoms with Gasteiger partial charge in [0.15, 0.2) is 0 Å². The molecule has 0 bridgehead atoms.